The highest BCUT2D eigenvalue weighted by molar-refractivity contribution is 7.17. The Hall–Kier alpha value is -0.663. The summed E-state index contributed by atoms with van der Waals surface area (Å²) in [5.74, 6) is 0.656. The monoisotopic (exact) mass is 240 g/mol. The highest BCUT2D eigenvalue weighted by Crippen LogP contribution is 2.18. The van der Waals surface area contributed by atoms with E-state index < -0.39 is 8.07 Å². The van der Waals surface area contributed by atoms with Crippen LogP contribution >= 0.6 is 8.69 Å². The lowest BCUT2D eigenvalue weighted by Gasteiger charge is -2.15. The van der Waals surface area contributed by atoms with Crippen LogP contribution < -0.4 is 4.52 Å². The third-order valence-electron chi connectivity index (χ3n) is 2.23. The Balaban J connectivity index is 2.53. The molecule has 1 aromatic rings. The molecule has 82 valence electrons. The SMILES string of the molecule is C[Si](C)(C)CCc1ccc(OP=O)cc1. The van der Waals surface area contributed by atoms with Crippen LogP contribution in [0, 0.1) is 0 Å². The van der Waals surface area contributed by atoms with Gasteiger partial charge in [-0.25, -0.2) is 4.57 Å². The number of aryl methyl sites for hydroxylation is 1. The Morgan fingerprint density at radius 2 is 1.80 bits per heavy atom. The molecule has 15 heavy (non-hydrogen) atoms. The molecule has 0 saturated heterocycles. The van der Waals surface area contributed by atoms with Gasteiger partial charge in [0.25, 0.3) is 0 Å². The molecule has 0 radical (unpaired) electrons. The zero-order valence-electron chi connectivity index (χ0n) is 9.49. The lowest BCUT2D eigenvalue weighted by Crippen LogP contribution is -2.19. The molecular formula is C11H17O2PSi. The molecule has 0 bridgehead atoms. The molecule has 0 unspecified atom stereocenters. The second kappa shape index (κ2) is 5.43. The predicted octanol–water partition coefficient (Wildman–Crippen LogP) is 4.15. The maximum absolute atomic E-state index is 10.2. The lowest BCUT2D eigenvalue weighted by molar-refractivity contribution is 0.525. The summed E-state index contributed by atoms with van der Waals surface area (Å²) in [4.78, 5) is 0. The molecule has 0 amide bonds. The fraction of sp³-hybridized carbons (Fsp3) is 0.455. The van der Waals surface area contributed by atoms with Crippen LogP contribution in [0.25, 0.3) is 0 Å². The van der Waals surface area contributed by atoms with Crippen molar-refractivity contribution >= 4 is 16.8 Å². The van der Waals surface area contributed by atoms with Gasteiger partial charge < -0.3 is 4.52 Å². The number of hydrogen-bond acceptors (Lipinski definition) is 2. The predicted molar refractivity (Wildman–Crippen MR) is 66.5 cm³/mol. The molecule has 0 spiro atoms. The summed E-state index contributed by atoms with van der Waals surface area (Å²) < 4.78 is 15.0. The first-order chi connectivity index (χ1) is 7.01. The normalized spacial score (nSPS) is 11.7. The highest BCUT2D eigenvalue weighted by Gasteiger charge is 2.12. The van der Waals surface area contributed by atoms with E-state index in [1.807, 2.05) is 24.3 Å². The Morgan fingerprint density at radius 1 is 1.20 bits per heavy atom. The van der Waals surface area contributed by atoms with Crippen molar-refractivity contribution in [2.45, 2.75) is 32.1 Å². The molecule has 0 aromatic heterocycles. The van der Waals surface area contributed by atoms with Crippen molar-refractivity contribution in [1.82, 2.24) is 0 Å². The standard InChI is InChI=1S/C11H17O2PSi/c1-15(2,3)9-8-10-4-6-11(7-5-10)13-14-12/h4-7H,8-9H2,1-3H3. The largest absolute Gasteiger partial charge is 0.408 e. The smallest absolute Gasteiger partial charge is 0.395 e. The van der Waals surface area contributed by atoms with Crippen molar-refractivity contribution in [1.29, 1.82) is 0 Å². The molecule has 0 aliphatic rings. The Bertz CT molecular complexity index is 316. The maximum atomic E-state index is 10.2. The van der Waals surface area contributed by atoms with E-state index in [1.54, 1.807) is 0 Å². The van der Waals surface area contributed by atoms with Gasteiger partial charge in [-0.05, 0) is 24.1 Å². The zero-order chi connectivity index (χ0) is 11.3. The second-order valence-corrected chi connectivity index (χ2v) is 10.8. The first-order valence-corrected chi connectivity index (χ1v) is 9.54. The van der Waals surface area contributed by atoms with Gasteiger partial charge in [0.15, 0.2) is 0 Å². The van der Waals surface area contributed by atoms with Crippen LogP contribution in [-0.4, -0.2) is 8.07 Å². The van der Waals surface area contributed by atoms with Crippen LogP contribution in [0.4, 0.5) is 0 Å². The van der Waals surface area contributed by atoms with Gasteiger partial charge in [0.05, 0.1) is 0 Å². The summed E-state index contributed by atoms with van der Waals surface area (Å²) in [5.41, 5.74) is 1.33. The summed E-state index contributed by atoms with van der Waals surface area (Å²) in [6.07, 6.45) is 1.13. The lowest BCUT2D eigenvalue weighted by atomic mass is 10.2. The van der Waals surface area contributed by atoms with E-state index in [0.717, 1.165) is 6.42 Å². The minimum Gasteiger partial charge on any atom is -0.408 e. The minimum atomic E-state index is -0.951. The van der Waals surface area contributed by atoms with E-state index in [9.17, 15) is 4.57 Å². The molecule has 4 heteroatoms. The van der Waals surface area contributed by atoms with E-state index in [0.29, 0.717) is 5.75 Å². The first-order valence-electron chi connectivity index (χ1n) is 5.10. The highest BCUT2D eigenvalue weighted by atomic mass is 31.1. The van der Waals surface area contributed by atoms with Gasteiger partial charge in [-0.3, -0.25) is 0 Å². The first kappa shape index (κ1) is 12.4. The van der Waals surface area contributed by atoms with Crippen molar-refractivity contribution in [3.05, 3.63) is 29.8 Å². The van der Waals surface area contributed by atoms with Crippen molar-refractivity contribution in [2.24, 2.45) is 0 Å². The summed E-state index contributed by atoms with van der Waals surface area (Å²) in [7, 11) is -1.24. The van der Waals surface area contributed by atoms with Crippen LogP contribution in [0.3, 0.4) is 0 Å². The molecule has 0 atom stereocenters. The van der Waals surface area contributed by atoms with E-state index in [4.69, 9.17) is 4.52 Å². The molecule has 0 aliphatic carbocycles. The molecule has 0 heterocycles. The quantitative estimate of drug-likeness (QED) is 0.570. The van der Waals surface area contributed by atoms with E-state index in [2.05, 4.69) is 19.6 Å². The van der Waals surface area contributed by atoms with Gasteiger partial charge in [-0.2, -0.15) is 0 Å². The summed E-state index contributed by atoms with van der Waals surface area (Å²) in [6.45, 7) is 7.13. The van der Waals surface area contributed by atoms with Gasteiger partial charge in [0.1, 0.15) is 5.75 Å². The van der Waals surface area contributed by atoms with Crippen molar-refractivity contribution < 1.29 is 9.09 Å². The van der Waals surface area contributed by atoms with Crippen LogP contribution in [0.2, 0.25) is 25.7 Å². The topological polar surface area (TPSA) is 26.3 Å². The third kappa shape index (κ3) is 5.10. The molecular weight excluding hydrogens is 223 g/mol. The zero-order valence-corrected chi connectivity index (χ0v) is 11.4. The van der Waals surface area contributed by atoms with Gasteiger partial charge in [-0.15, -0.1) is 0 Å². The third-order valence-corrected chi connectivity index (χ3v) is 4.27. The van der Waals surface area contributed by atoms with Gasteiger partial charge in [0.2, 0.25) is 0 Å². The molecule has 1 aromatic carbocycles. The van der Waals surface area contributed by atoms with Crippen molar-refractivity contribution in [3.8, 4) is 5.75 Å². The average molecular weight is 240 g/mol. The van der Waals surface area contributed by atoms with Gasteiger partial charge >= 0.3 is 8.69 Å². The van der Waals surface area contributed by atoms with Crippen LogP contribution in [0.15, 0.2) is 24.3 Å². The van der Waals surface area contributed by atoms with E-state index in [1.165, 1.54) is 11.6 Å². The van der Waals surface area contributed by atoms with Crippen molar-refractivity contribution in [2.75, 3.05) is 0 Å². The van der Waals surface area contributed by atoms with Crippen LogP contribution in [0.1, 0.15) is 5.56 Å². The van der Waals surface area contributed by atoms with Crippen LogP contribution in [0.5, 0.6) is 5.75 Å². The van der Waals surface area contributed by atoms with Gasteiger partial charge in [0, 0.05) is 8.07 Å². The second-order valence-electron chi connectivity index (χ2n) is 4.87. The Morgan fingerprint density at radius 3 is 2.27 bits per heavy atom. The molecule has 2 nitrogen and oxygen atoms in total. The van der Waals surface area contributed by atoms with Crippen LogP contribution in [-0.2, 0) is 11.0 Å². The average Bonchev–Trinajstić information content (AvgIpc) is 2.16. The fourth-order valence-electron chi connectivity index (χ4n) is 1.28. The fourth-order valence-corrected chi connectivity index (χ4v) is 2.53. The summed E-state index contributed by atoms with van der Waals surface area (Å²) >= 11 is 0. The minimum absolute atomic E-state index is 0.292. The summed E-state index contributed by atoms with van der Waals surface area (Å²) in [6, 6.07) is 9.11. The van der Waals surface area contributed by atoms with Crippen molar-refractivity contribution in [3.63, 3.8) is 0 Å². The maximum Gasteiger partial charge on any atom is 0.395 e. The number of rotatable bonds is 5. The molecule has 0 N–H and O–H groups in total. The molecule has 1 rings (SSSR count). The summed E-state index contributed by atoms with van der Waals surface area (Å²) in [5, 5.41) is 0. The van der Waals surface area contributed by atoms with Gasteiger partial charge in [-0.1, -0.05) is 37.8 Å². The van der Waals surface area contributed by atoms with E-state index >= 15 is 0 Å². The Kier molecular flexibility index (Phi) is 4.49. The molecule has 0 fully saturated rings. The van der Waals surface area contributed by atoms with E-state index in [-0.39, 0.29) is 8.69 Å². The molecule has 0 aliphatic heterocycles. The Labute approximate surface area is 94.0 Å². The number of hydrogen-bond donors (Lipinski definition) is 0. The molecule has 0 saturated carbocycles. The number of benzene rings is 1.